The van der Waals surface area contributed by atoms with Crippen LogP contribution in [-0.2, 0) is 0 Å². The van der Waals surface area contributed by atoms with Crippen molar-refractivity contribution in [3.8, 4) is 6.07 Å². The molecule has 0 fully saturated rings. The van der Waals surface area contributed by atoms with Crippen molar-refractivity contribution in [1.29, 1.82) is 5.26 Å². The van der Waals surface area contributed by atoms with E-state index in [9.17, 15) is 5.26 Å². The molecule has 0 saturated carbocycles. The van der Waals surface area contributed by atoms with E-state index in [1.54, 1.807) is 12.4 Å². The van der Waals surface area contributed by atoms with E-state index in [1.807, 2.05) is 56.6 Å². The molecule has 142 valence electrons. The number of rotatable bonds is 4. The molecule has 1 N–H and O–H groups in total. The highest BCUT2D eigenvalue weighted by Crippen LogP contribution is 2.35. The maximum absolute atomic E-state index is 9.68. The highest BCUT2D eigenvalue weighted by Gasteiger charge is 2.14. The quantitative estimate of drug-likeness (QED) is 0.413. The summed E-state index contributed by atoms with van der Waals surface area (Å²) in [6.45, 7) is 2.03. The standard InChI is InChI=1S/C23H18BrN5/c1-15-9-20(29(2)19-7-4-8-26-14-19)11-21-22(15)27-13-16(12-25)23(21)28-18-6-3-5-17(24)10-18/h3-11,13-14H,1-2H3,(H,27,28). The van der Waals surface area contributed by atoms with Crippen molar-refractivity contribution in [1.82, 2.24) is 9.97 Å². The first-order valence-electron chi connectivity index (χ1n) is 9.06. The highest BCUT2D eigenvalue weighted by atomic mass is 79.9. The summed E-state index contributed by atoms with van der Waals surface area (Å²) in [4.78, 5) is 10.8. The van der Waals surface area contributed by atoms with Crippen molar-refractivity contribution in [2.45, 2.75) is 6.92 Å². The third-order valence-electron chi connectivity index (χ3n) is 4.78. The molecule has 2 heterocycles. The van der Waals surface area contributed by atoms with Crippen molar-refractivity contribution < 1.29 is 0 Å². The lowest BCUT2D eigenvalue weighted by molar-refractivity contribution is 1.17. The van der Waals surface area contributed by atoms with Crippen LogP contribution in [0.1, 0.15) is 11.1 Å². The zero-order valence-electron chi connectivity index (χ0n) is 16.0. The second kappa shape index (κ2) is 7.90. The number of aryl methyl sites for hydroxylation is 1. The topological polar surface area (TPSA) is 64.8 Å². The van der Waals surface area contributed by atoms with Crippen LogP contribution in [0, 0.1) is 18.3 Å². The number of aromatic nitrogens is 2. The summed E-state index contributed by atoms with van der Waals surface area (Å²) in [6, 6.07) is 18.2. The number of anilines is 4. The van der Waals surface area contributed by atoms with E-state index in [0.717, 1.165) is 43.7 Å². The lowest BCUT2D eigenvalue weighted by Crippen LogP contribution is -2.10. The molecule has 0 aliphatic carbocycles. The molecule has 0 bridgehead atoms. The van der Waals surface area contributed by atoms with Gasteiger partial charge in [-0.1, -0.05) is 22.0 Å². The fourth-order valence-electron chi connectivity index (χ4n) is 3.29. The first kappa shape index (κ1) is 18.9. The van der Waals surface area contributed by atoms with Gasteiger partial charge in [-0.15, -0.1) is 0 Å². The van der Waals surface area contributed by atoms with E-state index in [0.29, 0.717) is 5.56 Å². The molecular weight excluding hydrogens is 426 g/mol. The Bertz CT molecular complexity index is 1230. The van der Waals surface area contributed by atoms with E-state index in [4.69, 9.17) is 0 Å². The van der Waals surface area contributed by atoms with Gasteiger partial charge in [0.15, 0.2) is 0 Å². The first-order chi connectivity index (χ1) is 14.1. The lowest BCUT2D eigenvalue weighted by atomic mass is 10.0. The summed E-state index contributed by atoms with van der Waals surface area (Å²) >= 11 is 3.50. The fraction of sp³-hybridized carbons (Fsp3) is 0.0870. The second-order valence-corrected chi connectivity index (χ2v) is 7.64. The zero-order valence-corrected chi connectivity index (χ0v) is 17.6. The predicted octanol–water partition coefficient (Wildman–Crippen LogP) is 6.08. The van der Waals surface area contributed by atoms with Gasteiger partial charge in [0.2, 0.25) is 0 Å². The normalized spacial score (nSPS) is 10.6. The Morgan fingerprint density at radius 1 is 1.07 bits per heavy atom. The number of hydrogen-bond donors (Lipinski definition) is 1. The minimum atomic E-state index is 0.498. The molecule has 4 aromatic rings. The Morgan fingerprint density at radius 2 is 1.93 bits per heavy atom. The Hall–Kier alpha value is -3.43. The van der Waals surface area contributed by atoms with E-state index in [2.05, 4.69) is 54.3 Å². The van der Waals surface area contributed by atoms with Crippen LogP contribution in [0.3, 0.4) is 0 Å². The Labute approximate surface area is 177 Å². The average molecular weight is 444 g/mol. The van der Waals surface area contributed by atoms with Gasteiger partial charge in [0.05, 0.1) is 28.7 Å². The molecule has 0 unspecified atom stereocenters. The second-order valence-electron chi connectivity index (χ2n) is 6.72. The Morgan fingerprint density at radius 3 is 2.66 bits per heavy atom. The Kier molecular flexibility index (Phi) is 5.15. The number of pyridine rings is 2. The van der Waals surface area contributed by atoms with Gasteiger partial charge in [0.1, 0.15) is 6.07 Å². The van der Waals surface area contributed by atoms with Crippen LogP contribution in [0.4, 0.5) is 22.7 Å². The monoisotopic (exact) mass is 443 g/mol. The maximum Gasteiger partial charge on any atom is 0.103 e. The van der Waals surface area contributed by atoms with Crippen LogP contribution in [0.15, 0.2) is 71.6 Å². The van der Waals surface area contributed by atoms with Crippen molar-refractivity contribution in [3.05, 3.63) is 82.7 Å². The molecule has 0 spiro atoms. The summed E-state index contributed by atoms with van der Waals surface area (Å²) in [5, 5.41) is 14.0. The van der Waals surface area contributed by atoms with Gasteiger partial charge in [0.25, 0.3) is 0 Å². The smallest absolute Gasteiger partial charge is 0.103 e. The molecule has 2 aromatic heterocycles. The molecule has 2 aromatic carbocycles. The molecule has 0 atom stereocenters. The fourth-order valence-corrected chi connectivity index (χ4v) is 3.69. The van der Waals surface area contributed by atoms with Crippen LogP contribution in [0.5, 0.6) is 0 Å². The minimum Gasteiger partial charge on any atom is -0.354 e. The van der Waals surface area contributed by atoms with E-state index < -0.39 is 0 Å². The molecule has 0 saturated heterocycles. The number of fused-ring (bicyclic) bond motifs is 1. The van der Waals surface area contributed by atoms with Crippen molar-refractivity contribution in [2.24, 2.45) is 0 Å². The summed E-state index contributed by atoms with van der Waals surface area (Å²) < 4.78 is 0.965. The van der Waals surface area contributed by atoms with E-state index >= 15 is 0 Å². The number of nitrogens with zero attached hydrogens (tertiary/aromatic N) is 4. The predicted molar refractivity (Wildman–Crippen MR) is 121 cm³/mol. The minimum absolute atomic E-state index is 0.498. The zero-order chi connectivity index (χ0) is 20.4. The third-order valence-corrected chi connectivity index (χ3v) is 5.27. The molecule has 0 radical (unpaired) electrons. The summed E-state index contributed by atoms with van der Waals surface area (Å²) in [5.74, 6) is 0. The molecule has 6 heteroatoms. The largest absolute Gasteiger partial charge is 0.354 e. The van der Waals surface area contributed by atoms with Gasteiger partial charge in [-0.05, 0) is 55.0 Å². The number of benzene rings is 2. The van der Waals surface area contributed by atoms with Gasteiger partial charge < -0.3 is 10.2 Å². The molecule has 4 rings (SSSR count). The lowest BCUT2D eigenvalue weighted by Gasteiger charge is -2.21. The van der Waals surface area contributed by atoms with Crippen molar-refractivity contribution >= 4 is 49.6 Å². The van der Waals surface area contributed by atoms with Gasteiger partial charge in [-0.25, -0.2) is 0 Å². The van der Waals surface area contributed by atoms with Crippen molar-refractivity contribution in [2.75, 3.05) is 17.3 Å². The molecule has 0 aliphatic rings. The average Bonchev–Trinajstić information content (AvgIpc) is 2.74. The SMILES string of the molecule is Cc1cc(N(C)c2cccnc2)cc2c(Nc3cccc(Br)c3)c(C#N)cnc12. The van der Waals surface area contributed by atoms with Crippen molar-refractivity contribution in [3.63, 3.8) is 0 Å². The van der Waals surface area contributed by atoms with Crippen LogP contribution >= 0.6 is 15.9 Å². The molecule has 5 nitrogen and oxygen atoms in total. The first-order valence-corrected chi connectivity index (χ1v) is 9.86. The van der Waals surface area contributed by atoms with Crippen LogP contribution in [0.2, 0.25) is 0 Å². The molecular formula is C23H18BrN5. The summed E-state index contributed by atoms with van der Waals surface area (Å²) in [6.07, 6.45) is 5.20. The summed E-state index contributed by atoms with van der Waals surface area (Å²) in [7, 11) is 2.00. The molecule has 0 amide bonds. The third kappa shape index (κ3) is 3.78. The van der Waals surface area contributed by atoms with Gasteiger partial charge in [0, 0.05) is 40.7 Å². The van der Waals surface area contributed by atoms with Crippen LogP contribution < -0.4 is 10.2 Å². The maximum atomic E-state index is 9.68. The van der Waals surface area contributed by atoms with Gasteiger partial charge >= 0.3 is 0 Å². The van der Waals surface area contributed by atoms with Crippen LogP contribution in [0.25, 0.3) is 10.9 Å². The van der Waals surface area contributed by atoms with Gasteiger partial charge in [-0.3, -0.25) is 9.97 Å². The number of nitriles is 1. The number of halogens is 1. The molecule has 29 heavy (non-hydrogen) atoms. The highest BCUT2D eigenvalue weighted by molar-refractivity contribution is 9.10. The van der Waals surface area contributed by atoms with Gasteiger partial charge in [-0.2, -0.15) is 5.26 Å². The molecule has 0 aliphatic heterocycles. The Balaban J connectivity index is 1.89. The van der Waals surface area contributed by atoms with E-state index in [-0.39, 0.29) is 0 Å². The number of hydrogen-bond acceptors (Lipinski definition) is 5. The summed E-state index contributed by atoms with van der Waals surface area (Å²) in [5.41, 5.74) is 6.03. The van der Waals surface area contributed by atoms with Crippen LogP contribution in [-0.4, -0.2) is 17.0 Å². The van der Waals surface area contributed by atoms with E-state index in [1.165, 1.54) is 0 Å². The number of nitrogens with one attached hydrogen (secondary N) is 1.